The minimum atomic E-state index is -4.42. The van der Waals surface area contributed by atoms with Gasteiger partial charge in [-0.15, -0.1) is 0 Å². The van der Waals surface area contributed by atoms with Crippen LogP contribution in [0.25, 0.3) is 0 Å². The minimum Gasteiger partial charge on any atom is -0.381 e. The van der Waals surface area contributed by atoms with Gasteiger partial charge < -0.3 is 10.6 Å². The monoisotopic (exact) mass is 385 g/mol. The summed E-state index contributed by atoms with van der Waals surface area (Å²) in [6.45, 7) is 2.61. The first-order chi connectivity index (χ1) is 13.3. The molecule has 0 saturated heterocycles. The molecule has 0 fully saturated rings. The van der Waals surface area contributed by atoms with Gasteiger partial charge in [0.05, 0.1) is 5.56 Å². The molecule has 0 unspecified atom stereocenters. The number of nitrogens with one attached hydrogen (secondary N) is 2. The van der Waals surface area contributed by atoms with Crippen molar-refractivity contribution in [3.05, 3.63) is 89.2 Å². The van der Waals surface area contributed by atoms with Crippen molar-refractivity contribution in [2.45, 2.75) is 19.6 Å². The molecule has 0 bridgehead atoms. The highest BCUT2D eigenvalue weighted by molar-refractivity contribution is 6.03. The van der Waals surface area contributed by atoms with Crippen molar-refractivity contribution in [2.24, 2.45) is 0 Å². The molecule has 144 valence electrons. The highest BCUT2D eigenvalue weighted by atomic mass is 19.4. The van der Waals surface area contributed by atoms with Gasteiger partial charge in [0, 0.05) is 24.1 Å². The van der Waals surface area contributed by atoms with Crippen LogP contribution in [0, 0.1) is 6.92 Å². The van der Waals surface area contributed by atoms with E-state index in [2.05, 4.69) is 15.6 Å². The van der Waals surface area contributed by atoms with Gasteiger partial charge in [0.1, 0.15) is 5.69 Å². The first-order valence-electron chi connectivity index (χ1n) is 8.56. The zero-order valence-electron chi connectivity index (χ0n) is 15.0. The van der Waals surface area contributed by atoms with Crippen LogP contribution in [-0.4, -0.2) is 10.9 Å². The van der Waals surface area contributed by atoms with Crippen molar-refractivity contribution in [1.82, 2.24) is 4.98 Å². The zero-order valence-corrected chi connectivity index (χ0v) is 15.0. The predicted molar refractivity (Wildman–Crippen MR) is 102 cm³/mol. The number of halogens is 3. The van der Waals surface area contributed by atoms with Gasteiger partial charge in [-0.05, 0) is 54.4 Å². The predicted octanol–water partition coefficient (Wildman–Crippen LogP) is 5.27. The summed E-state index contributed by atoms with van der Waals surface area (Å²) in [7, 11) is 0. The average molecular weight is 385 g/mol. The van der Waals surface area contributed by atoms with Crippen LogP contribution >= 0.6 is 0 Å². The van der Waals surface area contributed by atoms with Crippen molar-refractivity contribution < 1.29 is 18.0 Å². The summed E-state index contributed by atoms with van der Waals surface area (Å²) in [5.74, 6) is -0.501. The third-order valence-corrected chi connectivity index (χ3v) is 4.21. The quantitative estimate of drug-likeness (QED) is 0.629. The highest BCUT2D eigenvalue weighted by Crippen LogP contribution is 2.29. The van der Waals surface area contributed by atoms with Crippen molar-refractivity contribution >= 4 is 17.3 Å². The summed E-state index contributed by atoms with van der Waals surface area (Å²) in [6.07, 6.45) is -2.91. The Kier molecular flexibility index (Phi) is 5.63. The molecule has 1 amide bonds. The SMILES string of the molecule is Cc1ccccc1CNc1ccnc(C(=O)Nc2ccc(C(F)(F)F)cc2)c1. The van der Waals surface area contributed by atoms with Gasteiger partial charge >= 0.3 is 6.18 Å². The molecule has 0 aliphatic heterocycles. The lowest BCUT2D eigenvalue weighted by Crippen LogP contribution is -2.14. The van der Waals surface area contributed by atoms with Crippen molar-refractivity contribution in [2.75, 3.05) is 10.6 Å². The van der Waals surface area contributed by atoms with Crippen molar-refractivity contribution in [1.29, 1.82) is 0 Å². The summed E-state index contributed by atoms with van der Waals surface area (Å²) in [5.41, 5.74) is 2.66. The number of benzene rings is 2. The molecule has 2 aromatic carbocycles. The maximum absolute atomic E-state index is 12.6. The Bertz CT molecular complexity index is 969. The second kappa shape index (κ2) is 8.12. The van der Waals surface area contributed by atoms with E-state index in [1.54, 1.807) is 12.1 Å². The third-order valence-electron chi connectivity index (χ3n) is 4.21. The standard InChI is InChI=1S/C21H18F3N3O/c1-14-4-2-3-5-15(14)13-26-18-10-11-25-19(12-18)20(28)27-17-8-6-16(7-9-17)21(22,23)24/h2-12H,13H2,1H3,(H,25,26)(H,27,28). The van der Waals surface area contributed by atoms with E-state index in [0.29, 0.717) is 6.54 Å². The summed E-state index contributed by atoms with van der Waals surface area (Å²) in [6, 6.07) is 15.6. The van der Waals surface area contributed by atoms with Gasteiger partial charge in [0.15, 0.2) is 0 Å². The lowest BCUT2D eigenvalue weighted by Gasteiger charge is -2.11. The average Bonchev–Trinajstić information content (AvgIpc) is 2.67. The molecule has 0 saturated carbocycles. The van der Waals surface area contributed by atoms with Crippen LogP contribution in [0.15, 0.2) is 66.9 Å². The zero-order chi connectivity index (χ0) is 20.1. The molecule has 0 atom stereocenters. The largest absolute Gasteiger partial charge is 0.416 e. The van der Waals surface area contributed by atoms with Crippen LogP contribution in [0.1, 0.15) is 27.2 Å². The first kappa shape index (κ1) is 19.4. The smallest absolute Gasteiger partial charge is 0.381 e. The van der Waals surface area contributed by atoms with Crippen molar-refractivity contribution in [3.63, 3.8) is 0 Å². The van der Waals surface area contributed by atoms with Gasteiger partial charge in [-0.2, -0.15) is 13.2 Å². The maximum Gasteiger partial charge on any atom is 0.416 e. The van der Waals surface area contributed by atoms with Gasteiger partial charge in [0.25, 0.3) is 5.91 Å². The molecule has 7 heteroatoms. The van der Waals surface area contributed by atoms with E-state index in [-0.39, 0.29) is 11.4 Å². The molecule has 1 aromatic heterocycles. The van der Waals surface area contributed by atoms with Gasteiger partial charge in [-0.1, -0.05) is 24.3 Å². The minimum absolute atomic E-state index is 0.162. The van der Waals surface area contributed by atoms with E-state index < -0.39 is 17.6 Å². The number of aryl methyl sites for hydroxylation is 1. The number of nitrogens with zero attached hydrogens (tertiary/aromatic N) is 1. The molecule has 28 heavy (non-hydrogen) atoms. The second-order valence-electron chi connectivity index (χ2n) is 6.24. The molecular formula is C21H18F3N3O. The number of carbonyl (C=O) groups excluding carboxylic acids is 1. The Labute approximate surface area is 160 Å². The molecule has 0 aliphatic rings. The summed E-state index contributed by atoms with van der Waals surface area (Å²) in [5, 5.41) is 5.79. The number of carbonyl (C=O) groups is 1. The number of alkyl halides is 3. The number of pyridine rings is 1. The lowest BCUT2D eigenvalue weighted by atomic mass is 10.1. The van der Waals surface area contributed by atoms with E-state index in [4.69, 9.17) is 0 Å². The Morgan fingerprint density at radius 2 is 1.71 bits per heavy atom. The van der Waals surface area contributed by atoms with E-state index in [0.717, 1.165) is 28.9 Å². The molecule has 4 nitrogen and oxygen atoms in total. The highest BCUT2D eigenvalue weighted by Gasteiger charge is 2.30. The van der Waals surface area contributed by atoms with Crippen LogP contribution in [0.4, 0.5) is 24.5 Å². The van der Waals surface area contributed by atoms with Gasteiger partial charge in [-0.25, -0.2) is 0 Å². The fourth-order valence-corrected chi connectivity index (χ4v) is 2.61. The fourth-order valence-electron chi connectivity index (χ4n) is 2.61. The second-order valence-corrected chi connectivity index (χ2v) is 6.24. The lowest BCUT2D eigenvalue weighted by molar-refractivity contribution is -0.137. The van der Waals surface area contributed by atoms with E-state index in [1.165, 1.54) is 18.3 Å². The molecule has 2 N–H and O–H groups in total. The van der Waals surface area contributed by atoms with Crippen LogP contribution < -0.4 is 10.6 Å². The number of anilines is 2. The number of rotatable bonds is 5. The fraction of sp³-hybridized carbons (Fsp3) is 0.143. The van der Waals surface area contributed by atoms with Gasteiger partial charge in [0.2, 0.25) is 0 Å². The van der Waals surface area contributed by atoms with Crippen LogP contribution in [0.5, 0.6) is 0 Å². The summed E-state index contributed by atoms with van der Waals surface area (Å²) >= 11 is 0. The number of amides is 1. The number of hydrogen-bond donors (Lipinski definition) is 2. The van der Waals surface area contributed by atoms with Crippen molar-refractivity contribution in [3.8, 4) is 0 Å². The van der Waals surface area contributed by atoms with E-state index in [9.17, 15) is 18.0 Å². The summed E-state index contributed by atoms with van der Waals surface area (Å²) < 4.78 is 37.8. The van der Waals surface area contributed by atoms with Crippen LogP contribution in [0.3, 0.4) is 0 Å². The molecule has 0 spiro atoms. The Morgan fingerprint density at radius 1 is 1.00 bits per heavy atom. The Hall–Kier alpha value is -3.35. The van der Waals surface area contributed by atoms with E-state index in [1.807, 2.05) is 31.2 Å². The normalized spacial score (nSPS) is 11.1. The van der Waals surface area contributed by atoms with Crippen LogP contribution in [-0.2, 0) is 12.7 Å². The first-order valence-corrected chi connectivity index (χ1v) is 8.56. The molecule has 3 rings (SSSR count). The maximum atomic E-state index is 12.6. The molecule has 1 heterocycles. The Balaban J connectivity index is 1.66. The molecule has 0 aliphatic carbocycles. The number of hydrogen-bond acceptors (Lipinski definition) is 3. The molecule has 0 radical (unpaired) electrons. The molecular weight excluding hydrogens is 367 g/mol. The number of aromatic nitrogens is 1. The topological polar surface area (TPSA) is 54.0 Å². The summed E-state index contributed by atoms with van der Waals surface area (Å²) in [4.78, 5) is 16.4. The van der Waals surface area contributed by atoms with Gasteiger partial charge in [-0.3, -0.25) is 9.78 Å². The Morgan fingerprint density at radius 3 is 2.39 bits per heavy atom. The third kappa shape index (κ3) is 4.88. The van der Waals surface area contributed by atoms with E-state index >= 15 is 0 Å². The van der Waals surface area contributed by atoms with Crippen LogP contribution in [0.2, 0.25) is 0 Å². The molecule has 3 aromatic rings.